The van der Waals surface area contributed by atoms with E-state index in [2.05, 4.69) is 6.92 Å². The molecule has 1 rings (SSSR count). The molecule has 0 unspecified atom stereocenters. The zero-order chi connectivity index (χ0) is 10.8. The van der Waals surface area contributed by atoms with E-state index in [0.717, 1.165) is 0 Å². The van der Waals surface area contributed by atoms with Crippen LogP contribution in [0.5, 0.6) is 0 Å². The molecule has 1 aliphatic carbocycles. The van der Waals surface area contributed by atoms with Gasteiger partial charge in [0.1, 0.15) is 0 Å². The molecule has 0 aromatic carbocycles. The molecule has 0 heteroatoms. The molecule has 0 aromatic rings. The van der Waals surface area contributed by atoms with Gasteiger partial charge in [0, 0.05) is 0 Å². The minimum Gasteiger partial charge on any atom is -0.0654 e. The molecule has 0 atom stereocenters. The Balaban J connectivity index is 2.07. The van der Waals surface area contributed by atoms with Crippen LogP contribution in [0.4, 0.5) is 0 Å². The Morgan fingerprint density at radius 2 is 1.33 bits per heavy atom. The van der Waals surface area contributed by atoms with Gasteiger partial charge >= 0.3 is 0 Å². The zero-order valence-electron chi connectivity index (χ0n) is 10.7. The molecule has 0 aliphatic heterocycles. The lowest BCUT2D eigenvalue weighted by atomic mass is 9.91. The summed E-state index contributed by atoms with van der Waals surface area (Å²) in [6.07, 6.45) is 19.0. The Morgan fingerprint density at radius 1 is 0.733 bits per heavy atom. The van der Waals surface area contributed by atoms with Crippen molar-refractivity contribution >= 4 is 0 Å². The van der Waals surface area contributed by atoms with Crippen LogP contribution in [0.15, 0.2) is 0 Å². The van der Waals surface area contributed by atoms with Gasteiger partial charge in [-0.05, 0) is 25.2 Å². The van der Waals surface area contributed by atoms with Crippen molar-refractivity contribution in [1.82, 2.24) is 0 Å². The van der Waals surface area contributed by atoms with Gasteiger partial charge in [-0.3, -0.25) is 0 Å². The summed E-state index contributed by atoms with van der Waals surface area (Å²) in [7, 11) is 0. The van der Waals surface area contributed by atoms with Crippen molar-refractivity contribution in [1.29, 1.82) is 0 Å². The molecule has 0 N–H and O–H groups in total. The van der Waals surface area contributed by atoms with Crippen LogP contribution >= 0.6 is 0 Å². The smallest absolute Gasteiger partial charge is 0.0241 e. The Labute approximate surface area is 96.8 Å². The average Bonchev–Trinajstić information content (AvgIpc) is 2.38. The molecular weight excluding hydrogens is 180 g/mol. The van der Waals surface area contributed by atoms with Crippen molar-refractivity contribution < 1.29 is 0 Å². The van der Waals surface area contributed by atoms with Gasteiger partial charge in [0.05, 0.1) is 0 Å². The summed E-state index contributed by atoms with van der Waals surface area (Å²) < 4.78 is 0. The van der Waals surface area contributed by atoms with E-state index in [1.807, 2.05) is 5.92 Å². The third kappa shape index (κ3) is 6.98. The lowest BCUT2D eigenvalue weighted by Crippen LogP contribution is -1.97. The topological polar surface area (TPSA) is 0 Å². The van der Waals surface area contributed by atoms with E-state index < -0.39 is 0 Å². The summed E-state index contributed by atoms with van der Waals surface area (Å²) in [5.74, 6) is 1.90. The summed E-state index contributed by atoms with van der Waals surface area (Å²) in [5, 5.41) is 0. The van der Waals surface area contributed by atoms with Crippen LogP contribution in [-0.4, -0.2) is 0 Å². The van der Waals surface area contributed by atoms with E-state index in [4.69, 9.17) is 0 Å². The maximum Gasteiger partial charge on any atom is -0.0241 e. The monoisotopic (exact) mass is 209 g/mol. The van der Waals surface area contributed by atoms with Crippen molar-refractivity contribution in [2.45, 2.75) is 90.4 Å². The van der Waals surface area contributed by atoms with E-state index in [1.165, 1.54) is 83.5 Å². The third-order valence-corrected chi connectivity index (χ3v) is 3.69. The van der Waals surface area contributed by atoms with Gasteiger partial charge in [0.15, 0.2) is 0 Å². The van der Waals surface area contributed by atoms with Gasteiger partial charge < -0.3 is 0 Å². The summed E-state index contributed by atoms with van der Waals surface area (Å²) in [6, 6.07) is 0. The van der Waals surface area contributed by atoms with Gasteiger partial charge in [-0.25, -0.2) is 0 Å². The number of hydrogen-bond donors (Lipinski definition) is 0. The van der Waals surface area contributed by atoms with E-state index in [-0.39, 0.29) is 0 Å². The zero-order valence-corrected chi connectivity index (χ0v) is 10.7. The summed E-state index contributed by atoms with van der Waals surface area (Å²) in [5.41, 5.74) is 0. The quantitative estimate of drug-likeness (QED) is 0.512. The SMILES string of the molecule is CCCCCC[C]1CCCCCCCC1. The first-order valence-electron chi connectivity index (χ1n) is 7.27. The number of rotatable bonds is 5. The van der Waals surface area contributed by atoms with Crippen LogP contribution in [0.3, 0.4) is 0 Å². The molecule has 0 heterocycles. The highest BCUT2D eigenvalue weighted by molar-refractivity contribution is 4.89. The number of unbranched alkanes of at least 4 members (excludes halogenated alkanes) is 3. The van der Waals surface area contributed by atoms with Crippen molar-refractivity contribution in [2.24, 2.45) is 0 Å². The predicted molar refractivity (Wildman–Crippen MR) is 68.9 cm³/mol. The minimum absolute atomic E-state index is 1.37. The Bertz CT molecular complexity index is 118. The van der Waals surface area contributed by atoms with Crippen LogP contribution in [0.2, 0.25) is 0 Å². The normalized spacial score (nSPS) is 20.6. The van der Waals surface area contributed by atoms with Crippen LogP contribution < -0.4 is 0 Å². The van der Waals surface area contributed by atoms with E-state index in [9.17, 15) is 0 Å². The molecule has 1 radical (unpaired) electrons. The third-order valence-electron chi connectivity index (χ3n) is 3.69. The Kier molecular flexibility index (Phi) is 8.05. The standard InChI is InChI=1S/C15H29/c1-2-3-4-9-12-15-13-10-7-5-6-8-11-14-15/h2-14H2,1H3. The van der Waals surface area contributed by atoms with Crippen LogP contribution in [0.1, 0.15) is 90.4 Å². The molecule has 15 heavy (non-hydrogen) atoms. The number of hydrogen-bond acceptors (Lipinski definition) is 0. The maximum absolute atomic E-state index is 2.30. The van der Waals surface area contributed by atoms with E-state index in [1.54, 1.807) is 0 Å². The lowest BCUT2D eigenvalue weighted by molar-refractivity contribution is 0.561. The second-order valence-electron chi connectivity index (χ2n) is 5.18. The summed E-state index contributed by atoms with van der Waals surface area (Å²) in [4.78, 5) is 0. The fourth-order valence-electron chi connectivity index (χ4n) is 2.63. The van der Waals surface area contributed by atoms with Crippen molar-refractivity contribution in [3.63, 3.8) is 0 Å². The molecule has 1 saturated carbocycles. The van der Waals surface area contributed by atoms with E-state index in [0.29, 0.717) is 0 Å². The molecule has 1 fully saturated rings. The molecule has 1 aliphatic rings. The molecule has 0 nitrogen and oxygen atoms in total. The van der Waals surface area contributed by atoms with Crippen LogP contribution in [-0.2, 0) is 0 Å². The van der Waals surface area contributed by atoms with Crippen molar-refractivity contribution in [3.8, 4) is 0 Å². The molecule has 0 aromatic heterocycles. The van der Waals surface area contributed by atoms with Gasteiger partial charge in [0.25, 0.3) is 0 Å². The highest BCUT2D eigenvalue weighted by Gasteiger charge is 2.10. The second-order valence-corrected chi connectivity index (χ2v) is 5.18. The first-order valence-corrected chi connectivity index (χ1v) is 7.27. The summed E-state index contributed by atoms with van der Waals surface area (Å²) >= 11 is 0. The highest BCUT2D eigenvalue weighted by atomic mass is 14.2. The van der Waals surface area contributed by atoms with Crippen LogP contribution in [0, 0.1) is 5.92 Å². The van der Waals surface area contributed by atoms with E-state index >= 15 is 0 Å². The summed E-state index contributed by atoms with van der Waals surface area (Å²) in [6.45, 7) is 2.30. The van der Waals surface area contributed by atoms with Crippen LogP contribution in [0.25, 0.3) is 0 Å². The Morgan fingerprint density at radius 3 is 1.93 bits per heavy atom. The fraction of sp³-hybridized carbons (Fsp3) is 0.933. The lowest BCUT2D eigenvalue weighted by Gasteiger charge is -2.14. The van der Waals surface area contributed by atoms with Gasteiger partial charge in [-0.1, -0.05) is 71.1 Å². The van der Waals surface area contributed by atoms with Gasteiger partial charge in [-0.15, -0.1) is 0 Å². The van der Waals surface area contributed by atoms with Crippen molar-refractivity contribution in [3.05, 3.63) is 5.92 Å². The second kappa shape index (κ2) is 9.24. The first-order chi connectivity index (χ1) is 7.43. The minimum atomic E-state index is 1.37. The van der Waals surface area contributed by atoms with Crippen molar-refractivity contribution in [2.75, 3.05) is 0 Å². The Hall–Kier alpha value is 0. The molecule has 89 valence electrons. The van der Waals surface area contributed by atoms with Gasteiger partial charge in [0.2, 0.25) is 0 Å². The average molecular weight is 209 g/mol. The molecule has 0 spiro atoms. The molecule has 0 amide bonds. The highest BCUT2D eigenvalue weighted by Crippen LogP contribution is 2.27. The molecule has 0 bridgehead atoms. The largest absolute Gasteiger partial charge is 0.0654 e. The molecular formula is C15H29. The fourth-order valence-corrected chi connectivity index (χ4v) is 2.63. The molecule has 0 saturated heterocycles. The van der Waals surface area contributed by atoms with Gasteiger partial charge in [-0.2, -0.15) is 0 Å². The predicted octanol–water partition coefficient (Wildman–Crippen LogP) is 5.67. The maximum atomic E-state index is 2.30. The first kappa shape index (κ1) is 13.1.